The topological polar surface area (TPSA) is 66.9 Å². The predicted octanol–water partition coefficient (Wildman–Crippen LogP) is 2.44. The molecule has 0 spiro atoms. The van der Waals surface area contributed by atoms with Gasteiger partial charge in [0, 0.05) is 30.9 Å². The fourth-order valence-corrected chi connectivity index (χ4v) is 5.27. The number of carbonyl (C=O) groups is 1. The van der Waals surface area contributed by atoms with Gasteiger partial charge < -0.3 is 9.64 Å². The molecule has 2 aromatic rings. The smallest absolute Gasteiger partial charge is 0.258 e. The van der Waals surface area contributed by atoms with Crippen LogP contribution in [-0.4, -0.2) is 51.5 Å². The second-order valence-corrected chi connectivity index (χ2v) is 9.12. The van der Waals surface area contributed by atoms with Crippen molar-refractivity contribution in [1.29, 1.82) is 0 Å². The summed E-state index contributed by atoms with van der Waals surface area (Å²) >= 11 is 0. The number of amides is 1. The van der Waals surface area contributed by atoms with Crippen LogP contribution in [0.4, 0.5) is 5.69 Å². The lowest BCUT2D eigenvalue weighted by Gasteiger charge is -2.29. The molecule has 1 amide bonds. The number of benzene rings is 2. The van der Waals surface area contributed by atoms with Crippen LogP contribution in [0.3, 0.4) is 0 Å². The molecular weight excluding hydrogens is 376 g/mol. The normalized spacial score (nSPS) is 17.9. The van der Waals surface area contributed by atoms with E-state index in [9.17, 15) is 13.2 Å². The van der Waals surface area contributed by atoms with E-state index in [0.717, 1.165) is 18.5 Å². The van der Waals surface area contributed by atoms with Crippen molar-refractivity contribution in [3.05, 3.63) is 65.2 Å². The second kappa shape index (κ2) is 8.03. The van der Waals surface area contributed by atoms with E-state index < -0.39 is 10.0 Å². The SMILES string of the molecule is O=C(c1ccc(CS(=O)(=O)N2CCOCC2)cc1)N1CCCc2ccccc21. The van der Waals surface area contributed by atoms with Crippen molar-refractivity contribution in [2.45, 2.75) is 18.6 Å². The zero-order valence-electron chi connectivity index (χ0n) is 15.7. The van der Waals surface area contributed by atoms with Crippen LogP contribution >= 0.6 is 0 Å². The van der Waals surface area contributed by atoms with Crippen molar-refractivity contribution in [2.24, 2.45) is 0 Å². The van der Waals surface area contributed by atoms with Crippen molar-refractivity contribution in [3.8, 4) is 0 Å². The number of nitrogens with zero attached hydrogens (tertiary/aromatic N) is 2. The minimum absolute atomic E-state index is 0.0465. The number of fused-ring (bicyclic) bond motifs is 1. The zero-order chi connectivity index (χ0) is 19.6. The maximum atomic E-state index is 13.0. The molecule has 0 saturated carbocycles. The van der Waals surface area contributed by atoms with Crippen LogP contribution in [0.5, 0.6) is 0 Å². The maximum Gasteiger partial charge on any atom is 0.258 e. The van der Waals surface area contributed by atoms with E-state index in [1.807, 2.05) is 23.1 Å². The fraction of sp³-hybridized carbons (Fsp3) is 0.381. The Morgan fingerprint density at radius 2 is 1.68 bits per heavy atom. The number of para-hydroxylation sites is 1. The van der Waals surface area contributed by atoms with Crippen LogP contribution in [0.1, 0.15) is 27.9 Å². The van der Waals surface area contributed by atoms with E-state index in [4.69, 9.17) is 4.74 Å². The van der Waals surface area contributed by atoms with Gasteiger partial charge in [-0.15, -0.1) is 0 Å². The average Bonchev–Trinajstić information content (AvgIpc) is 2.74. The van der Waals surface area contributed by atoms with Gasteiger partial charge in [0.25, 0.3) is 5.91 Å². The molecule has 148 valence electrons. The summed E-state index contributed by atoms with van der Waals surface area (Å²) in [7, 11) is -3.37. The molecule has 2 aliphatic heterocycles. The van der Waals surface area contributed by atoms with E-state index in [0.29, 0.717) is 44.0 Å². The molecule has 2 aromatic carbocycles. The van der Waals surface area contributed by atoms with Crippen molar-refractivity contribution in [1.82, 2.24) is 4.31 Å². The number of carbonyl (C=O) groups excluding carboxylic acids is 1. The standard InChI is InChI=1S/C21H24N2O4S/c24-21(23-11-3-5-18-4-1-2-6-20(18)23)19-9-7-17(8-10-19)16-28(25,26)22-12-14-27-15-13-22/h1-2,4,6-10H,3,5,11-16H2. The highest BCUT2D eigenvalue weighted by atomic mass is 32.2. The zero-order valence-corrected chi connectivity index (χ0v) is 16.5. The Balaban J connectivity index is 1.48. The molecule has 4 rings (SSSR count). The van der Waals surface area contributed by atoms with Gasteiger partial charge in [0.15, 0.2) is 0 Å². The van der Waals surface area contributed by atoms with Gasteiger partial charge in [-0.1, -0.05) is 30.3 Å². The first-order valence-electron chi connectivity index (χ1n) is 9.59. The molecule has 0 bridgehead atoms. The quantitative estimate of drug-likeness (QED) is 0.791. The van der Waals surface area contributed by atoms with Crippen LogP contribution in [-0.2, 0) is 26.9 Å². The average molecular weight is 401 g/mol. The van der Waals surface area contributed by atoms with Gasteiger partial charge in [0.05, 0.1) is 19.0 Å². The molecule has 0 atom stereocenters. The van der Waals surface area contributed by atoms with Gasteiger partial charge in [0.1, 0.15) is 0 Å². The Morgan fingerprint density at radius 1 is 0.964 bits per heavy atom. The van der Waals surface area contributed by atoms with Gasteiger partial charge in [-0.3, -0.25) is 4.79 Å². The van der Waals surface area contributed by atoms with E-state index in [2.05, 4.69) is 6.07 Å². The molecular formula is C21H24N2O4S. The summed E-state index contributed by atoms with van der Waals surface area (Å²) in [5.74, 6) is -0.108. The molecule has 2 heterocycles. The number of aryl methyl sites for hydroxylation is 1. The van der Waals surface area contributed by atoms with Crippen LogP contribution in [0.15, 0.2) is 48.5 Å². The van der Waals surface area contributed by atoms with Crippen molar-refractivity contribution >= 4 is 21.6 Å². The van der Waals surface area contributed by atoms with E-state index in [1.165, 1.54) is 9.87 Å². The Bertz CT molecular complexity index is 951. The summed E-state index contributed by atoms with van der Waals surface area (Å²) in [5, 5.41) is 0. The molecule has 0 aromatic heterocycles. The summed E-state index contributed by atoms with van der Waals surface area (Å²) in [4.78, 5) is 14.8. The summed E-state index contributed by atoms with van der Waals surface area (Å²) in [6, 6.07) is 14.9. The van der Waals surface area contributed by atoms with Crippen molar-refractivity contribution in [3.63, 3.8) is 0 Å². The van der Waals surface area contributed by atoms with Crippen LogP contribution < -0.4 is 4.90 Å². The van der Waals surface area contributed by atoms with Gasteiger partial charge in [-0.05, 0) is 42.2 Å². The molecule has 0 aliphatic carbocycles. The number of ether oxygens (including phenoxy) is 1. The Labute approximate surface area is 165 Å². The first-order chi connectivity index (χ1) is 13.5. The third kappa shape index (κ3) is 3.97. The number of hydrogen-bond donors (Lipinski definition) is 0. The highest BCUT2D eigenvalue weighted by Crippen LogP contribution is 2.28. The highest BCUT2D eigenvalue weighted by molar-refractivity contribution is 7.88. The molecule has 7 heteroatoms. The number of morpholine rings is 1. The number of rotatable bonds is 4. The largest absolute Gasteiger partial charge is 0.379 e. The maximum absolute atomic E-state index is 13.0. The summed E-state index contributed by atoms with van der Waals surface area (Å²) in [6.45, 7) is 2.36. The monoisotopic (exact) mass is 400 g/mol. The van der Waals surface area contributed by atoms with Crippen molar-refractivity contribution in [2.75, 3.05) is 37.7 Å². The van der Waals surface area contributed by atoms with Gasteiger partial charge in [0.2, 0.25) is 10.0 Å². The first-order valence-corrected chi connectivity index (χ1v) is 11.2. The third-order valence-electron chi connectivity index (χ3n) is 5.27. The summed E-state index contributed by atoms with van der Waals surface area (Å²) < 4.78 is 31.8. The van der Waals surface area contributed by atoms with E-state index in [-0.39, 0.29) is 11.7 Å². The Hall–Kier alpha value is -2.22. The summed E-state index contributed by atoms with van der Waals surface area (Å²) in [5.41, 5.74) is 3.42. The molecule has 1 saturated heterocycles. The first kappa shape index (κ1) is 19.1. The lowest BCUT2D eigenvalue weighted by molar-refractivity contribution is 0.0729. The van der Waals surface area contributed by atoms with Crippen LogP contribution in [0.2, 0.25) is 0 Å². The lowest BCUT2D eigenvalue weighted by atomic mass is 10.0. The predicted molar refractivity (Wildman–Crippen MR) is 108 cm³/mol. The fourth-order valence-electron chi connectivity index (χ4n) is 3.77. The molecule has 2 aliphatic rings. The number of sulfonamides is 1. The Kier molecular flexibility index (Phi) is 5.48. The van der Waals surface area contributed by atoms with Gasteiger partial charge in [-0.25, -0.2) is 8.42 Å². The Morgan fingerprint density at radius 3 is 2.43 bits per heavy atom. The molecule has 0 N–H and O–H groups in total. The van der Waals surface area contributed by atoms with Gasteiger partial charge in [-0.2, -0.15) is 4.31 Å². The van der Waals surface area contributed by atoms with E-state index >= 15 is 0 Å². The molecule has 0 unspecified atom stereocenters. The number of hydrogen-bond acceptors (Lipinski definition) is 4. The second-order valence-electron chi connectivity index (χ2n) is 7.15. The molecule has 28 heavy (non-hydrogen) atoms. The highest BCUT2D eigenvalue weighted by Gasteiger charge is 2.26. The molecule has 1 fully saturated rings. The van der Waals surface area contributed by atoms with Gasteiger partial charge >= 0.3 is 0 Å². The third-order valence-corrected chi connectivity index (χ3v) is 7.12. The minimum Gasteiger partial charge on any atom is -0.379 e. The van der Waals surface area contributed by atoms with Crippen molar-refractivity contribution < 1.29 is 17.9 Å². The van der Waals surface area contributed by atoms with Crippen LogP contribution in [0.25, 0.3) is 0 Å². The lowest BCUT2D eigenvalue weighted by Crippen LogP contribution is -2.41. The van der Waals surface area contributed by atoms with E-state index in [1.54, 1.807) is 24.3 Å². The molecule has 0 radical (unpaired) electrons. The minimum atomic E-state index is -3.37. The van der Waals surface area contributed by atoms with Crippen LogP contribution in [0, 0.1) is 0 Å². The number of anilines is 1. The summed E-state index contributed by atoms with van der Waals surface area (Å²) in [6.07, 6.45) is 1.93. The molecule has 6 nitrogen and oxygen atoms in total.